The molecule has 0 N–H and O–H groups in total. The van der Waals surface area contributed by atoms with Gasteiger partial charge in [-0.15, -0.1) is 54.1 Å². The Morgan fingerprint density at radius 3 is 2.34 bits per heavy atom. The molecule has 5 aromatic carbocycles. The summed E-state index contributed by atoms with van der Waals surface area (Å²) in [4.78, 5) is 8.85. The fraction of sp³-hybridized carbons (Fsp3) is 0.250. The van der Waals surface area contributed by atoms with E-state index in [1.807, 2.05) is 68.6 Å². The molecule has 0 atom stereocenters. The molecule has 53 heavy (non-hydrogen) atoms. The monoisotopic (exact) mass is 897 g/mol. The molecule has 0 aliphatic heterocycles. The third kappa shape index (κ3) is 8.09. The van der Waals surface area contributed by atoms with E-state index < -0.39 is 44.3 Å². The second-order valence-electron chi connectivity index (χ2n) is 15.5. The normalized spacial score (nSPS) is 14.9. The van der Waals surface area contributed by atoms with Crippen LogP contribution in [0.1, 0.15) is 68.2 Å². The Morgan fingerprint density at radius 2 is 1.62 bits per heavy atom. The Morgan fingerprint density at radius 1 is 0.849 bits per heavy atom. The number of aromatic nitrogens is 2. The number of rotatable bonds is 5. The van der Waals surface area contributed by atoms with Crippen LogP contribution in [0.15, 0.2) is 114 Å². The summed E-state index contributed by atoms with van der Waals surface area (Å²) in [7, 11) is -1.50. The number of hydrogen-bond acceptors (Lipinski definition) is 3. The molecule has 8 rings (SSSR count). The summed E-state index contributed by atoms with van der Waals surface area (Å²) in [6.45, 7) is 12.9. The van der Waals surface area contributed by atoms with E-state index in [0.29, 0.717) is 11.2 Å². The topological polar surface area (TPSA) is 38.9 Å². The van der Waals surface area contributed by atoms with Gasteiger partial charge in [-0.05, 0) is 80.3 Å². The molecule has 3 nitrogen and oxygen atoms in total. The standard InChI is InChI=1S/C31H26NO.C17H22NSi.Ir/c1-19-18-32-28(15-22(19)17-31(2,3)4)25-11-7-10-24-27-14-21-13-12-20-8-5-6-9-23(20)26(21)16-29(27)33-30(24)25;1-13(2)15-11-16(14-9-7-6-8-10-14)18-12-17(15)19(3,4)5;/h5-10,12-16,18H,17H2,1-4H3;6-9,11-13H,1-5H3;/q2*-1;/i1D3,15D,17D2,18D;13D;. The molecule has 3 heterocycles. The van der Waals surface area contributed by atoms with Gasteiger partial charge in [0.2, 0.25) is 0 Å². The van der Waals surface area contributed by atoms with Crippen molar-refractivity contribution in [2.75, 3.05) is 0 Å². The van der Waals surface area contributed by atoms with Gasteiger partial charge in [0.1, 0.15) is 5.58 Å². The second-order valence-corrected chi connectivity index (χ2v) is 20.6. The first-order chi connectivity index (χ1) is 27.9. The van der Waals surface area contributed by atoms with Crippen molar-refractivity contribution in [3.05, 3.63) is 138 Å². The maximum absolute atomic E-state index is 9.06. The van der Waals surface area contributed by atoms with Crippen molar-refractivity contribution in [3.8, 4) is 22.5 Å². The molecule has 0 spiro atoms. The maximum Gasteiger partial charge on any atom is 0.121 e. The molecule has 271 valence electrons. The van der Waals surface area contributed by atoms with Crippen LogP contribution in [0.5, 0.6) is 0 Å². The predicted molar refractivity (Wildman–Crippen MR) is 224 cm³/mol. The summed E-state index contributed by atoms with van der Waals surface area (Å²) in [6, 6.07) is 35.7. The van der Waals surface area contributed by atoms with Crippen molar-refractivity contribution >= 4 is 56.7 Å². The molecule has 1 radical (unpaired) electrons. The van der Waals surface area contributed by atoms with E-state index in [4.69, 9.17) is 15.4 Å². The van der Waals surface area contributed by atoms with E-state index in [1.54, 1.807) is 26.8 Å². The quantitative estimate of drug-likeness (QED) is 0.0981. The van der Waals surface area contributed by atoms with Crippen LogP contribution in [0, 0.1) is 24.4 Å². The smallest absolute Gasteiger partial charge is 0.121 e. The van der Waals surface area contributed by atoms with Crippen molar-refractivity contribution in [3.63, 3.8) is 0 Å². The number of pyridine rings is 2. The van der Waals surface area contributed by atoms with E-state index >= 15 is 0 Å². The summed E-state index contributed by atoms with van der Waals surface area (Å²) in [5.74, 6) is -0.609. The van der Waals surface area contributed by atoms with Gasteiger partial charge in [0.05, 0.1) is 16.4 Å². The Kier molecular flexibility index (Phi) is 8.29. The van der Waals surface area contributed by atoms with E-state index in [9.17, 15) is 0 Å². The molecule has 0 aliphatic rings. The second kappa shape index (κ2) is 15.1. The molecule has 0 aliphatic carbocycles. The van der Waals surface area contributed by atoms with Gasteiger partial charge in [-0.3, -0.25) is 0 Å². The minimum Gasteiger partial charge on any atom is -0.501 e. The molecule has 5 heteroatoms. The van der Waals surface area contributed by atoms with Crippen LogP contribution in [0.4, 0.5) is 0 Å². The average molecular weight is 897 g/mol. The summed E-state index contributed by atoms with van der Waals surface area (Å²) in [6.07, 6.45) is -0.858. The molecule has 3 aromatic heterocycles. The Hall–Kier alpha value is -4.41. The van der Waals surface area contributed by atoms with Crippen LogP contribution >= 0.6 is 0 Å². The van der Waals surface area contributed by atoms with Gasteiger partial charge >= 0.3 is 0 Å². The van der Waals surface area contributed by atoms with Gasteiger partial charge in [0, 0.05) is 46.1 Å². The predicted octanol–water partition coefficient (Wildman–Crippen LogP) is 12.9. The van der Waals surface area contributed by atoms with E-state index in [1.165, 1.54) is 5.19 Å². The SMILES string of the molecule is [2H]C(C)(C)c1cc(-c2[c-]cccc2)ncc1[Si](C)(C)C.[2H]c1nc(-c2[c-]ccc3c2oc2cc4c(ccc5ccccc54)cc23)c([2H])c(C([2H])([2H])C(C)(C)C)c1C([2H])([2H])[2H].[Ir]. The Balaban J connectivity index is 0.000000250. The van der Waals surface area contributed by atoms with Crippen LogP contribution in [0.2, 0.25) is 19.6 Å². The van der Waals surface area contributed by atoms with Crippen molar-refractivity contribution in [2.45, 2.75) is 73.4 Å². The van der Waals surface area contributed by atoms with Gasteiger partial charge in [-0.1, -0.05) is 125 Å². The fourth-order valence-corrected chi connectivity index (χ4v) is 8.13. The van der Waals surface area contributed by atoms with Gasteiger partial charge < -0.3 is 14.4 Å². The van der Waals surface area contributed by atoms with Crippen molar-refractivity contribution < 1.29 is 35.5 Å². The molecule has 0 saturated heterocycles. The first-order valence-corrected chi connectivity index (χ1v) is 21.1. The molecule has 0 bridgehead atoms. The molecule has 8 aromatic rings. The van der Waals surface area contributed by atoms with E-state index in [0.717, 1.165) is 49.1 Å². The Labute approximate surface area is 340 Å². The van der Waals surface area contributed by atoms with Crippen LogP contribution in [0.3, 0.4) is 0 Å². The third-order valence-electron chi connectivity index (χ3n) is 9.04. The minimum atomic E-state index is -2.83. The molecule has 0 unspecified atom stereocenters. The number of benzene rings is 5. The third-order valence-corrected chi connectivity index (χ3v) is 11.1. The van der Waals surface area contributed by atoms with Gasteiger partial charge in [0.25, 0.3) is 0 Å². The zero-order valence-electron chi connectivity index (χ0n) is 39.4. The number of fused-ring (bicyclic) bond motifs is 6. The molecular weight excluding hydrogens is 841 g/mol. The largest absolute Gasteiger partial charge is 0.501 e. The Bertz CT molecular complexity index is 2930. The summed E-state index contributed by atoms with van der Waals surface area (Å²) >= 11 is 0. The first kappa shape index (κ1) is 29.0. The van der Waals surface area contributed by atoms with Crippen molar-refractivity contribution in [1.29, 1.82) is 0 Å². The number of nitrogens with zero attached hydrogens (tertiary/aromatic N) is 2. The summed E-state index contributed by atoms with van der Waals surface area (Å²) in [5, 5.41) is 7.17. The van der Waals surface area contributed by atoms with Crippen molar-refractivity contribution in [2.24, 2.45) is 5.41 Å². The van der Waals surface area contributed by atoms with Gasteiger partial charge in [0.15, 0.2) is 0 Å². The molecule has 0 amide bonds. The zero-order chi connectivity index (χ0) is 43.7. The maximum atomic E-state index is 9.06. The molecular formula is C48H48IrN2OSi-2. The van der Waals surface area contributed by atoms with Gasteiger partial charge in [-0.25, -0.2) is 0 Å². The van der Waals surface area contributed by atoms with Crippen LogP contribution in [0.25, 0.3) is 66.0 Å². The number of hydrogen-bond donors (Lipinski definition) is 0. The first-order valence-electron chi connectivity index (χ1n) is 21.6. The zero-order valence-corrected chi connectivity index (χ0v) is 34.8. The summed E-state index contributed by atoms with van der Waals surface area (Å²) in [5.41, 5.74) is 2.28. The molecule has 0 fully saturated rings. The van der Waals surface area contributed by atoms with Crippen LogP contribution < -0.4 is 5.19 Å². The fourth-order valence-electron chi connectivity index (χ4n) is 6.55. The van der Waals surface area contributed by atoms with Crippen LogP contribution in [-0.4, -0.2) is 18.0 Å². The molecule has 0 saturated carbocycles. The summed E-state index contributed by atoms with van der Waals surface area (Å²) < 4.78 is 74.3. The van der Waals surface area contributed by atoms with E-state index in [2.05, 4.69) is 78.1 Å². The van der Waals surface area contributed by atoms with E-state index in [-0.39, 0.29) is 43.0 Å². The number of furan rings is 1. The van der Waals surface area contributed by atoms with Gasteiger partial charge in [-0.2, -0.15) is 0 Å². The van der Waals surface area contributed by atoms with Crippen LogP contribution in [-0.2, 0) is 26.5 Å². The average Bonchev–Trinajstić information content (AvgIpc) is 3.54. The van der Waals surface area contributed by atoms with Crippen molar-refractivity contribution in [1.82, 2.24) is 9.97 Å². The minimum absolute atomic E-state index is 0.